The van der Waals surface area contributed by atoms with E-state index < -0.39 is 0 Å². The summed E-state index contributed by atoms with van der Waals surface area (Å²) in [6.07, 6.45) is 1.21. The van der Waals surface area contributed by atoms with Gasteiger partial charge in [-0.3, -0.25) is 4.90 Å². The summed E-state index contributed by atoms with van der Waals surface area (Å²) in [5.41, 5.74) is 1.55. The summed E-state index contributed by atoms with van der Waals surface area (Å²) < 4.78 is 5.81. The lowest BCUT2D eigenvalue weighted by molar-refractivity contribution is 0.143. The Bertz CT molecular complexity index is 430. The van der Waals surface area contributed by atoms with Crippen LogP contribution in [0.2, 0.25) is 0 Å². The lowest BCUT2D eigenvalue weighted by Gasteiger charge is -2.33. The quantitative estimate of drug-likeness (QED) is 0.822. The van der Waals surface area contributed by atoms with E-state index in [0.717, 1.165) is 32.0 Å². The number of rotatable bonds is 1. The number of hydrogen-bond donors (Lipinski definition) is 1. The number of benzene rings is 1. The molecule has 2 heterocycles. The topological polar surface area (TPSA) is 24.5 Å². The molecular weight excluding hydrogens is 224 g/mol. The molecule has 1 aromatic carbocycles. The highest BCUT2D eigenvalue weighted by molar-refractivity contribution is 5.39. The van der Waals surface area contributed by atoms with Crippen molar-refractivity contribution in [1.29, 1.82) is 0 Å². The predicted octanol–water partition coefficient (Wildman–Crippen LogP) is 2.19. The Morgan fingerprint density at radius 1 is 1.33 bits per heavy atom. The summed E-state index contributed by atoms with van der Waals surface area (Å²) >= 11 is 0. The van der Waals surface area contributed by atoms with Gasteiger partial charge in [-0.1, -0.05) is 18.2 Å². The van der Waals surface area contributed by atoms with Gasteiger partial charge in [0.25, 0.3) is 0 Å². The molecule has 1 saturated heterocycles. The molecule has 0 bridgehead atoms. The Hall–Kier alpha value is -1.06. The van der Waals surface area contributed by atoms with E-state index in [4.69, 9.17) is 4.74 Å². The van der Waals surface area contributed by atoms with Gasteiger partial charge < -0.3 is 10.1 Å². The van der Waals surface area contributed by atoms with Gasteiger partial charge in [-0.15, -0.1) is 0 Å². The molecule has 3 heteroatoms. The first-order valence-electron chi connectivity index (χ1n) is 6.86. The molecule has 1 fully saturated rings. The van der Waals surface area contributed by atoms with E-state index in [1.807, 2.05) is 0 Å². The summed E-state index contributed by atoms with van der Waals surface area (Å²) in [5, 5.41) is 3.62. The minimum atomic E-state index is 0.189. The first-order chi connectivity index (χ1) is 8.66. The molecule has 0 spiro atoms. The van der Waals surface area contributed by atoms with E-state index in [1.54, 1.807) is 0 Å². The molecule has 3 rings (SSSR count). The molecule has 98 valence electrons. The molecule has 1 atom stereocenters. The zero-order valence-electron chi connectivity index (χ0n) is 11.3. The molecule has 2 aliphatic rings. The van der Waals surface area contributed by atoms with Crippen molar-refractivity contribution in [2.45, 2.75) is 31.8 Å². The van der Waals surface area contributed by atoms with Crippen LogP contribution in [-0.4, -0.2) is 36.7 Å². The number of hydrogen-bond acceptors (Lipinski definition) is 3. The van der Waals surface area contributed by atoms with Gasteiger partial charge in [0, 0.05) is 24.2 Å². The maximum Gasteiger partial charge on any atom is 0.124 e. The van der Waals surface area contributed by atoms with Crippen LogP contribution in [0.1, 0.15) is 31.9 Å². The fourth-order valence-corrected chi connectivity index (χ4v) is 3.07. The Balaban J connectivity index is 1.83. The number of ether oxygens (including phenoxy) is 1. The van der Waals surface area contributed by atoms with E-state index in [2.05, 4.69) is 48.3 Å². The monoisotopic (exact) mass is 246 g/mol. The predicted molar refractivity (Wildman–Crippen MR) is 72.9 cm³/mol. The van der Waals surface area contributed by atoms with Gasteiger partial charge in [0.05, 0.1) is 6.04 Å². The van der Waals surface area contributed by atoms with Crippen LogP contribution in [0.4, 0.5) is 0 Å². The molecule has 1 N–H and O–H groups in total. The van der Waals surface area contributed by atoms with Gasteiger partial charge in [-0.05, 0) is 32.9 Å². The summed E-state index contributed by atoms with van der Waals surface area (Å²) in [6.45, 7) is 8.71. The van der Waals surface area contributed by atoms with Crippen LogP contribution in [-0.2, 0) is 0 Å². The minimum absolute atomic E-state index is 0.189. The van der Waals surface area contributed by atoms with Gasteiger partial charge in [0.15, 0.2) is 0 Å². The Morgan fingerprint density at radius 2 is 2.17 bits per heavy atom. The summed E-state index contributed by atoms with van der Waals surface area (Å²) in [5.74, 6) is 1.07. The lowest BCUT2D eigenvalue weighted by Crippen LogP contribution is -2.47. The summed E-state index contributed by atoms with van der Waals surface area (Å²) in [4.78, 5) is 2.58. The summed E-state index contributed by atoms with van der Waals surface area (Å²) in [7, 11) is 0. The highest BCUT2D eigenvalue weighted by Crippen LogP contribution is 2.36. The number of fused-ring (bicyclic) bond motifs is 1. The van der Waals surface area contributed by atoms with Crippen LogP contribution in [0.5, 0.6) is 5.75 Å². The third-order valence-corrected chi connectivity index (χ3v) is 3.94. The molecule has 18 heavy (non-hydrogen) atoms. The normalized spacial score (nSPS) is 27.3. The molecule has 0 radical (unpaired) electrons. The zero-order valence-corrected chi connectivity index (χ0v) is 11.3. The average Bonchev–Trinajstić information content (AvgIpc) is 2.68. The second-order valence-corrected chi connectivity index (χ2v) is 6.00. The Morgan fingerprint density at radius 3 is 3.06 bits per heavy atom. The highest BCUT2D eigenvalue weighted by atomic mass is 16.5. The van der Waals surface area contributed by atoms with E-state index in [1.165, 1.54) is 12.0 Å². The number of nitrogens with one attached hydrogen (secondary N) is 1. The molecule has 3 nitrogen and oxygen atoms in total. The van der Waals surface area contributed by atoms with Crippen molar-refractivity contribution < 1.29 is 4.74 Å². The largest absolute Gasteiger partial charge is 0.491 e. The van der Waals surface area contributed by atoms with Gasteiger partial charge in [0.1, 0.15) is 12.4 Å². The number of para-hydroxylation sites is 1. The van der Waals surface area contributed by atoms with Gasteiger partial charge >= 0.3 is 0 Å². The van der Waals surface area contributed by atoms with Crippen LogP contribution in [0.15, 0.2) is 24.3 Å². The van der Waals surface area contributed by atoms with E-state index in [9.17, 15) is 0 Å². The SMILES string of the molecule is CC1(C)CN(C2COc3ccccc32)CCCN1. The fourth-order valence-electron chi connectivity index (χ4n) is 3.07. The van der Waals surface area contributed by atoms with Crippen LogP contribution in [0, 0.1) is 0 Å². The Kier molecular flexibility index (Phi) is 3.04. The first kappa shape index (κ1) is 12.0. The van der Waals surface area contributed by atoms with Crippen LogP contribution in [0.3, 0.4) is 0 Å². The smallest absolute Gasteiger partial charge is 0.124 e. The highest BCUT2D eigenvalue weighted by Gasteiger charge is 2.33. The van der Waals surface area contributed by atoms with Crippen LogP contribution >= 0.6 is 0 Å². The third-order valence-electron chi connectivity index (χ3n) is 3.94. The molecule has 1 aromatic rings. The standard InChI is InChI=1S/C15H22N2O/c1-15(2)11-17(9-5-8-16-15)13-10-18-14-7-4-3-6-12(13)14/h3-4,6-7,13,16H,5,8-11H2,1-2H3. The molecule has 1 unspecified atom stereocenters. The number of nitrogens with zero attached hydrogens (tertiary/aromatic N) is 1. The second kappa shape index (κ2) is 4.56. The zero-order chi connectivity index (χ0) is 12.6. The van der Waals surface area contributed by atoms with Crippen molar-refractivity contribution >= 4 is 0 Å². The van der Waals surface area contributed by atoms with E-state index >= 15 is 0 Å². The molecule has 0 amide bonds. The second-order valence-electron chi connectivity index (χ2n) is 6.00. The van der Waals surface area contributed by atoms with Crippen molar-refractivity contribution in [3.8, 4) is 5.75 Å². The molecular formula is C15H22N2O. The van der Waals surface area contributed by atoms with Crippen LogP contribution < -0.4 is 10.1 Å². The van der Waals surface area contributed by atoms with Crippen molar-refractivity contribution in [1.82, 2.24) is 10.2 Å². The van der Waals surface area contributed by atoms with E-state index in [-0.39, 0.29) is 5.54 Å². The van der Waals surface area contributed by atoms with Gasteiger partial charge in [-0.25, -0.2) is 0 Å². The molecule has 0 saturated carbocycles. The first-order valence-corrected chi connectivity index (χ1v) is 6.86. The van der Waals surface area contributed by atoms with Crippen molar-refractivity contribution in [2.24, 2.45) is 0 Å². The van der Waals surface area contributed by atoms with Crippen molar-refractivity contribution in [3.05, 3.63) is 29.8 Å². The maximum atomic E-state index is 5.81. The minimum Gasteiger partial charge on any atom is -0.491 e. The maximum absolute atomic E-state index is 5.81. The van der Waals surface area contributed by atoms with E-state index in [0.29, 0.717) is 6.04 Å². The molecule has 2 aliphatic heterocycles. The summed E-state index contributed by atoms with van der Waals surface area (Å²) in [6, 6.07) is 8.88. The van der Waals surface area contributed by atoms with Crippen molar-refractivity contribution in [2.75, 3.05) is 26.2 Å². The Labute approximate surface area is 109 Å². The van der Waals surface area contributed by atoms with Crippen molar-refractivity contribution in [3.63, 3.8) is 0 Å². The van der Waals surface area contributed by atoms with Crippen LogP contribution in [0.25, 0.3) is 0 Å². The molecule has 0 aromatic heterocycles. The lowest BCUT2D eigenvalue weighted by atomic mass is 10.0. The fraction of sp³-hybridized carbons (Fsp3) is 0.600. The average molecular weight is 246 g/mol. The van der Waals surface area contributed by atoms with Gasteiger partial charge in [0.2, 0.25) is 0 Å². The molecule has 0 aliphatic carbocycles. The van der Waals surface area contributed by atoms with Gasteiger partial charge in [-0.2, -0.15) is 0 Å². The third kappa shape index (κ3) is 2.25.